The molecular formula is C19H22F3N6O2+. The lowest BCUT2D eigenvalue weighted by atomic mass is 9.93. The second-order valence-corrected chi connectivity index (χ2v) is 7.36. The molecule has 0 spiro atoms. The highest BCUT2D eigenvalue weighted by Gasteiger charge is 2.31. The van der Waals surface area contributed by atoms with Crippen molar-refractivity contribution in [2.45, 2.75) is 51.1 Å². The Morgan fingerprint density at radius 2 is 2.10 bits per heavy atom. The number of halogens is 3. The van der Waals surface area contributed by atoms with Gasteiger partial charge in [0.15, 0.2) is 12.1 Å². The number of imidazole rings is 1. The number of hydrogen-bond donors (Lipinski definition) is 4. The van der Waals surface area contributed by atoms with Gasteiger partial charge >= 0.3 is 18.0 Å². The summed E-state index contributed by atoms with van der Waals surface area (Å²) in [7, 11) is 0. The molecule has 5 N–H and O–H groups in total. The number of rotatable bonds is 5. The molecule has 1 aromatic carbocycles. The zero-order chi connectivity index (χ0) is 21.3. The lowest BCUT2D eigenvalue weighted by molar-refractivity contribution is -0.347. The number of aliphatic hydroxyl groups excluding tert-OH is 1. The first-order chi connectivity index (χ1) is 14.3. The average Bonchev–Trinajstić information content (AvgIpc) is 3.12. The second kappa shape index (κ2) is 7.98. The van der Waals surface area contributed by atoms with Crippen LogP contribution in [0.3, 0.4) is 0 Å². The Kier molecular flexibility index (Phi) is 5.37. The monoisotopic (exact) mass is 423 g/mol. The van der Waals surface area contributed by atoms with E-state index in [4.69, 9.17) is 0 Å². The van der Waals surface area contributed by atoms with Crippen molar-refractivity contribution < 1.29 is 28.0 Å². The van der Waals surface area contributed by atoms with Crippen LogP contribution in [0.15, 0.2) is 24.5 Å². The maximum absolute atomic E-state index is 12.4. The first-order valence-corrected chi connectivity index (χ1v) is 9.61. The van der Waals surface area contributed by atoms with Gasteiger partial charge in [-0.25, -0.2) is 4.98 Å². The highest BCUT2D eigenvalue weighted by Crippen LogP contribution is 2.29. The molecule has 1 fully saturated rings. The van der Waals surface area contributed by atoms with Gasteiger partial charge in [0.25, 0.3) is 0 Å². The van der Waals surface area contributed by atoms with Crippen molar-refractivity contribution >= 4 is 28.6 Å². The first kappa shape index (κ1) is 20.2. The van der Waals surface area contributed by atoms with Crippen LogP contribution in [-0.4, -0.2) is 38.6 Å². The molecule has 0 amide bonds. The van der Waals surface area contributed by atoms with Crippen molar-refractivity contribution in [1.82, 2.24) is 15.0 Å². The summed E-state index contributed by atoms with van der Waals surface area (Å²) in [4.78, 5) is 15.0. The number of fused-ring (bicyclic) bond motifs is 1. The normalized spacial score (nSPS) is 19.6. The highest BCUT2D eigenvalue weighted by atomic mass is 19.4. The lowest BCUT2D eigenvalue weighted by Gasteiger charge is -2.26. The van der Waals surface area contributed by atoms with Crippen molar-refractivity contribution in [2.24, 2.45) is 0 Å². The third kappa shape index (κ3) is 4.73. The van der Waals surface area contributed by atoms with E-state index >= 15 is 0 Å². The Morgan fingerprint density at radius 1 is 1.27 bits per heavy atom. The summed E-state index contributed by atoms with van der Waals surface area (Å²) in [5.41, 5.74) is 2.37. The molecule has 3 aromatic rings. The molecule has 0 bridgehead atoms. The van der Waals surface area contributed by atoms with Crippen LogP contribution in [0.5, 0.6) is 5.75 Å². The Balaban J connectivity index is 1.57. The first-order valence-electron chi connectivity index (χ1n) is 9.61. The highest BCUT2D eigenvalue weighted by molar-refractivity contribution is 5.82. The summed E-state index contributed by atoms with van der Waals surface area (Å²) in [6.07, 6.45) is -0.144. The molecular weight excluding hydrogens is 401 g/mol. The lowest BCUT2D eigenvalue weighted by Crippen LogP contribution is -2.30. The SMILES string of the molecule is Cc1cc(OC(F)(F)F)ccc1Nc1nc(NC2CCCC(O)C2)c2[nH]c[nH+]c2n1. The summed E-state index contributed by atoms with van der Waals surface area (Å²) >= 11 is 0. The number of ether oxygens (including phenoxy) is 1. The number of alkyl halides is 3. The molecule has 2 heterocycles. The van der Waals surface area contributed by atoms with Crippen LogP contribution in [-0.2, 0) is 0 Å². The minimum Gasteiger partial charge on any atom is -0.406 e. The van der Waals surface area contributed by atoms with E-state index < -0.39 is 6.36 Å². The maximum Gasteiger partial charge on any atom is 0.573 e. The van der Waals surface area contributed by atoms with Crippen molar-refractivity contribution in [3.8, 4) is 5.75 Å². The van der Waals surface area contributed by atoms with Crippen molar-refractivity contribution in [2.75, 3.05) is 10.6 Å². The zero-order valence-electron chi connectivity index (χ0n) is 16.2. The van der Waals surface area contributed by atoms with Crippen LogP contribution in [0.4, 0.5) is 30.6 Å². The number of H-pyrrole nitrogens is 2. The third-order valence-electron chi connectivity index (χ3n) is 5.00. The second-order valence-electron chi connectivity index (χ2n) is 7.36. The zero-order valence-corrected chi connectivity index (χ0v) is 16.2. The van der Waals surface area contributed by atoms with Gasteiger partial charge in [0.1, 0.15) is 5.75 Å². The maximum atomic E-state index is 12.4. The van der Waals surface area contributed by atoms with Crippen LogP contribution in [0.1, 0.15) is 31.2 Å². The summed E-state index contributed by atoms with van der Waals surface area (Å²) < 4.78 is 41.2. The van der Waals surface area contributed by atoms with E-state index in [1.54, 1.807) is 13.3 Å². The predicted octanol–water partition coefficient (Wildman–Crippen LogP) is 3.44. The van der Waals surface area contributed by atoms with Crippen LogP contribution in [0.2, 0.25) is 0 Å². The molecule has 0 aliphatic heterocycles. The number of nitrogens with zero attached hydrogens (tertiary/aromatic N) is 2. The van der Waals surface area contributed by atoms with Crippen molar-refractivity contribution in [1.29, 1.82) is 0 Å². The molecule has 4 rings (SSSR count). The fraction of sp³-hybridized carbons (Fsp3) is 0.421. The fourth-order valence-electron chi connectivity index (χ4n) is 3.62. The van der Waals surface area contributed by atoms with Crippen molar-refractivity contribution in [3.05, 3.63) is 30.1 Å². The van der Waals surface area contributed by atoms with Crippen LogP contribution >= 0.6 is 0 Å². The number of aromatic amines is 2. The molecule has 2 atom stereocenters. The number of aliphatic hydroxyl groups is 1. The Labute approximate surface area is 169 Å². The molecule has 2 aromatic heterocycles. The summed E-state index contributed by atoms with van der Waals surface area (Å²) in [6.45, 7) is 1.66. The van der Waals surface area contributed by atoms with E-state index in [1.807, 2.05) is 0 Å². The minimum atomic E-state index is -4.74. The van der Waals surface area contributed by atoms with E-state index in [1.165, 1.54) is 18.2 Å². The average molecular weight is 423 g/mol. The number of anilines is 3. The fourth-order valence-corrected chi connectivity index (χ4v) is 3.62. The van der Waals surface area contributed by atoms with Gasteiger partial charge in [-0.15, -0.1) is 13.2 Å². The summed E-state index contributed by atoms with van der Waals surface area (Å²) in [5.74, 6) is 0.571. The van der Waals surface area contributed by atoms with Gasteiger partial charge in [0, 0.05) is 11.7 Å². The summed E-state index contributed by atoms with van der Waals surface area (Å²) in [6, 6.07) is 4.09. The van der Waals surface area contributed by atoms with E-state index in [2.05, 4.69) is 35.3 Å². The molecule has 1 saturated carbocycles. The molecule has 30 heavy (non-hydrogen) atoms. The Hall–Kier alpha value is -3.08. The van der Waals surface area contributed by atoms with E-state index in [0.29, 0.717) is 34.7 Å². The topological polar surface area (TPSA) is 109 Å². The van der Waals surface area contributed by atoms with E-state index in [0.717, 1.165) is 19.3 Å². The Bertz CT molecular complexity index is 1040. The van der Waals surface area contributed by atoms with Gasteiger partial charge in [-0.1, -0.05) is 4.98 Å². The Morgan fingerprint density at radius 3 is 2.83 bits per heavy atom. The molecule has 0 saturated heterocycles. The number of hydrogen-bond acceptors (Lipinski definition) is 6. The predicted molar refractivity (Wildman–Crippen MR) is 103 cm³/mol. The van der Waals surface area contributed by atoms with Gasteiger partial charge in [0.05, 0.1) is 6.10 Å². The van der Waals surface area contributed by atoms with E-state index in [9.17, 15) is 18.3 Å². The molecule has 1 aliphatic rings. The standard InChI is InChI=1S/C19H21F3N6O2/c1-10-7-13(30-19(20,21)22)5-6-14(10)26-18-27-16-15(23-9-24-16)17(28-18)25-11-3-2-4-12(29)8-11/h5-7,9,11-12,29H,2-4,8H2,1H3,(H3,23,24,25,26,27,28)/p+1. The molecule has 11 heteroatoms. The van der Waals surface area contributed by atoms with Gasteiger partial charge in [-0.3, -0.25) is 4.98 Å². The largest absolute Gasteiger partial charge is 0.573 e. The third-order valence-corrected chi connectivity index (χ3v) is 5.00. The molecule has 2 unspecified atom stereocenters. The van der Waals surface area contributed by atoms with Crippen LogP contribution in [0.25, 0.3) is 11.2 Å². The molecule has 0 radical (unpaired) electrons. The van der Waals surface area contributed by atoms with Gasteiger partial charge in [-0.2, -0.15) is 4.98 Å². The van der Waals surface area contributed by atoms with Gasteiger partial charge in [0.2, 0.25) is 5.52 Å². The number of aromatic nitrogens is 4. The smallest absolute Gasteiger partial charge is 0.406 e. The molecule has 1 aliphatic carbocycles. The van der Waals surface area contributed by atoms with Crippen molar-refractivity contribution in [3.63, 3.8) is 0 Å². The summed E-state index contributed by atoms with van der Waals surface area (Å²) in [5, 5.41) is 16.3. The molecule has 160 valence electrons. The minimum absolute atomic E-state index is 0.0866. The molecule has 8 nitrogen and oxygen atoms in total. The quantitative estimate of drug-likeness (QED) is 0.501. The number of nitrogens with one attached hydrogen (secondary N) is 4. The van der Waals surface area contributed by atoms with Crippen LogP contribution in [0, 0.1) is 6.92 Å². The number of benzene rings is 1. The van der Waals surface area contributed by atoms with Crippen LogP contribution < -0.4 is 20.4 Å². The van der Waals surface area contributed by atoms with Gasteiger partial charge in [-0.05, 0) is 56.4 Å². The van der Waals surface area contributed by atoms with Gasteiger partial charge < -0.3 is 20.5 Å². The van der Waals surface area contributed by atoms with E-state index in [-0.39, 0.29) is 23.8 Å². The number of aryl methyl sites for hydroxylation is 1.